The first-order chi connectivity index (χ1) is 36.0. The van der Waals surface area contributed by atoms with Crippen molar-refractivity contribution < 1.29 is 28.6 Å². The molecule has 0 aromatic rings. The van der Waals surface area contributed by atoms with Crippen LogP contribution in [0.15, 0.2) is 24.3 Å². The van der Waals surface area contributed by atoms with Crippen LogP contribution in [0.25, 0.3) is 0 Å². The third kappa shape index (κ3) is 60.6. The molecule has 0 aromatic carbocycles. The van der Waals surface area contributed by atoms with E-state index in [1.807, 2.05) is 0 Å². The summed E-state index contributed by atoms with van der Waals surface area (Å²) in [6.07, 6.45) is 75.2. The van der Waals surface area contributed by atoms with Gasteiger partial charge in [0.1, 0.15) is 13.2 Å². The predicted molar refractivity (Wildman–Crippen MR) is 316 cm³/mol. The number of unbranched alkanes of at least 4 members (excludes halogenated alkanes) is 46. The van der Waals surface area contributed by atoms with E-state index in [2.05, 4.69) is 45.1 Å². The van der Waals surface area contributed by atoms with Crippen molar-refractivity contribution in [3.8, 4) is 0 Å². The summed E-state index contributed by atoms with van der Waals surface area (Å²) >= 11 is 0. The Balaban J connectivity index is 4.01. The van der Waals surface area contributed by atoms with Crippen molar-refractivity contribution in [2.45, 2.75) is 374 Å². The van der Waals surface area contributed by atoms with Gasteiger partial charge in [0.05, 0.1) is 0 Å². The molecule has 0 aliphatic rings. The highest BCUT2D eigenvalue weighted by Gasteiger charge is 2.19. The summed E-state index contributed by atoms with van der Waals surface area (Å²) in [5, 5.41) is 0. The molecule has 0 saturated heterocycles. The molecule has 0 radical (unpaired) electrons. The zero-order chi connectivity index (χ0) is 52.9. The van der Waals surface area contributed by atoms with E-state index in [9.17, 15) is 14.4 Å². The maximum Gasteiger partial charge on any atom is 0.306 e. The first-order valence-corrected chi connectivity index (χ1v) is 32.8. The summed E-state index contributed by atoms with van der Waals surface area (Å²) in [6.45, 7) is 6.63. The molecule has 6 heteroatoms. The number of hydrogen-bond acceptors (Lipinski definition) is 6. The van der Waals surface area contributed by atoms with E-state index in [-0.39, 0.29) is 31.1 Å². The normalized spacial score (nSPS) is 12.1. The number of hydrogen-bond donors (Lipinski definition) is 0. The van der Waals surface area contributed by atoms with Gasteiger partial charge in [0.2, 0.25) is 0 Å². The Bertz CT molecular complexity index is 1180. The highest BCUT2D eigenvalue weighted by atomic mass is 16.6. The van der Waals surface area contributed by atoms with Gasteiger partial charge in [-0.05, 0) is 51.4 Å². The van der Waals surface area contributed by atoms with Gasteiger partial charge in [-0.25, -0.2) is 0 Å². The highest BCUT2D eigenvalue weighted by Crippen LogP contribution is 2.18. The molecule has 0 fully saturated rings. The fraction of sp³-hybridized carbons (Fsp3) is 0.896. The molecule has 1 atom stereocenters. The van der Waals surface area contributed by atoms with Crippen LogP contribution in [0.1, 0.15) is 367 Å². The first kappa shape index (κ1) is 70.9. The summed E-state index contributed by atoms with van der Waals surface area (Å²) in [7, 11) is 0. The van der Waals surface area contributed by atoms with Crippen molar-refractivity contribution in [3.05, 3.63) is 24.3 Å². The first-order valence-electron chi connectivity index (χ1n) is 32.8. The smallest absolute Gasteiger partial charge is 0.306 e. The van der Waals surface area contributed by atoms with Crippen LogP contribution in [0, 0.1) is 0 Å². The minimum atomic E-state index is -0.766. The summed E-state index contributed by atoms with van der Waals surface area (Å²) in [4.78, 5) is 38.0. The monoisotopic (exact) mass is 1030 g/mol. The van der Waals surface area contributed by atoms with Crippen LogP contribution < -0.4 is 0 Å². The Kier molecular flexibility index (Phi) is 60.6. The fourth-order valence-electron chi connectivity index (χ4n) is 10.0. The molecule has 0 aromatic heterocycles. The molecular weight excluding hydrogens is 901 g/mol. The van der Waals surface area contributed by atoms with Crippen molar-refractivity contribution in [2.24, 2.45) is 0 Å². The zero-order valence-electron chi connectivity index (χ0n) is 49.4. The molecule has 0 rings (SSSR count). The van der Waals surface area contributed by atoms with Gasteiger partial charge in [0, 0.05) is 19.3 Å². The van der Waals surface area contributed by atoms with Gasteiger partial charge in [0.25, 0.3) is 0 Å². The van der Waals surface area contributed by atoms with E-state index in [1.54, 1.807) is 0 Å². The third-order valence-electron chi connectivity index (χ3n) is 15.0. The molecule has 0 amide bonds. The van der Waals surface area contributed by atoms with Gasteiger partial charge in [-0.1, -0.05) is 321 Å². The van der Waals surface area contributed by atoms with E-state index < -0.39 is 6.10 Å². The average molecular weight is 1030 g/mol. The van der Waals surface area contributed by atoms with Crippen LogP contribution in [-0.4, -0.2) is 37.2 Å². The van der Waals surface area contributed by atoms with Crippen molar-refractivity contribution in [3.63, 3.8) is 0 Å². The second-order valence-corrected chi connectivity index (χ2v) is 22.4. The maximum atomic E-state index is 12.8. The molecule has 0 heterocycles. The second kappa shape index (κ2) is 62.4. The minimum absolute atomic E-state index is 0.0669. The number of allylic oxidation sites excluding steroid dienone is 4. The topological polar surface area (TPSA) is 78.9 Å². The van der Waals surface area contributed by atoms with Gasteiger partial charge >= 0.3 is 17.9 Å². The molecule has 1 unspecified atom stereocenters. The predicted octanol–water partition coefficient (Wildman–Crippen LogP) is 22.2. The van der Waals surface area contributed by atoms with Gasteiger partial charge in [-0.15, -0.1) is 0 Å². The highest BCUT2D eigenvalue weighted by molar-refractivity contribution is 5.71. The summed E-state index contributed by atoms with van der Waals surface area (Å²) in [6, 6.07) is 0. The number of carbonyl (C=O) groups is 3. The fourth-order valence-corrected chi connectivity index (χ4v) is 10.0. The van der Waals surface area contributed by atoms with Crippen molar-refractivity contribution in [2.75, 3.05) is 13.2 Å². The molecule has 0 spiro atoms. The van der Waals surface area contributed by atoms with Crippen molar-refractivity contribution in [1.29, 1.82) is 0 Å². The van der Waals surface area contributed by atoms with Crippen LogP contribution in [-0.2, 0) is 28.6 Å². The lowest BCUT2D eigenvalue weighted by Crippen LogP contribution is -2.30. The lowest BCUT2D eigenvalue weighted by molar-refractivity contribution is -0.167. The Labute approximate surface area is 455 Å². The minimum Gasteiger partial charge on any atom is -0.462 e. The molecule has 0 aliphatic heterocycles. The van der Waals surface area contributed by atoms with Gasteiger partial charge < -0.3 is 14.2 Å². The van der Waals surface area contributed by atoms with Gasteiger partial charge in [0.15, 0.2) is 6.10 Å². The number of esters is 3. The SMILES string of the molecule is CCCCCCC/C=C\C/C=C\CCCCCCCCCCCCCC(=O)OC(COC(=O)CCCCCCCC)COC(=O)CCCCCCCCCCCCCCCCCCCCCCCCCCCC. The number of rotatable bonds is 61. The van der Waals surface area contributed by atoms with E-state index in [0.717, 1.165) is 64.2 Å². The molecule has 0 bridgehead atoms. The molecule has 0 N–H and O–H groups in total. The van der Waals surface area contributed by atoms with Crippen molar-refractivity contribution in [1.82, 2.24) is 0 Å². The molecular formula is C67H126O6. The van der Waals surface area contributed by atoms with Gasteiger partial charge in [-0.2, -0.15) is 0 Å². The number of carbonyl (C=O) groups excluding carboxylic acids is 3. The second-order valence-electron chi connectivity index (χ2n) is 22.4. The molecule has 6 nitrogen and oxygen atoms in total. The lowest BCUT2D eigenvalue weighted by Gasteiger charge is -2.18. The van der Waals surface area contributed by atoms with E-state index in [4.69, 9.17) is 14.2 Å². The van der Waals surface area contributed by atoms with Gasteiger partial charge in [-0.3, -0.25) is 14.4 Å². The quantitative estimate of drug-likeness (QED) is 0.0261. The third-order valence-corrected chi connectivity index (χ3v) is 15.0. The van der Waals surface area contributed by atoms with E-state index in [0.29, 0.717) is 19.3 Å². The molecule has 73 heavy (non-hydrogen) atoms. The Morgan fingerprint density at radius 2 is 0.493 bits per heavy atom. The van der Waals surface area contributed by atoms with Crippen LogP contribution >= 0.6 is 0 Å². The molecule has 430 valence electrons. The Morgan fingerprint density at radius 1 is 0.274 bits per heavy atom. The summed E-state index contributed by atoms with van der Waals surface area (Å²) in [5.41, 5.74) is 0. The largest absolute Gasteiger partial charge is 0.462 e. The van der Waals surface area contributed by atoms with Crippen LogP contribution in [0.2, 0.25) is 0 Å². The number of ether oxygens (including phenoxy) is 3. The van der Waals surface area contributed by atoms with E-state index in [1.165, 1.54) is 263 Å². The molecule has 0 saturated carbocycles. The standard InChI is InChI=1S/C67H126O6/c1-4-7-10-13-16-18-20-22-24-26-28-30-32-33-34-36-37-39-41-43-45-47-49-51-54-57-60-66(69)72-63-64(62-71-65(68)59-56-53-15-12-9-6-3)73-67(70)61-58-55-52-50-48-46-44-42-40-38-35-31-29-27-25-23-21-19-17-14-11-8-5-2/h21,23,27,29,64H,4-20,22,24-26,28,30-63H2,1-3H3/b23-21-,29-27-. The Morgan fingerprint density at radius 3 is 0.753 bits per heavy atom. The van der Waals surface area contributed by atoms with Crippen LogP contribution in [0.5, 0.6) is 0 Å². The van der Waals surface area contributed by atoms with E-state index >= 15 is 0 Å². The van der Waals surface area contributed by atoms with Crippen molar-refractivity contribution >= 4 is 17.9 Å². The Hall–Kier alpha value is -2.11. The summed E-state index contributed by atoms with van der Waals surface area (Å²) < 4.78 is 16.8. The average Bonchev–Trinajstić information content (AvgIpc) is 3.39. The van der Waals surface area contributed by atoms with Crippen LogP contribution in [0.4, 0.5) is 0 Å². The maximum absolute atomic E-state index is 12.8. The zero-order valence-corrected chi connectivity index (χ0v) is 49.4. The lowest BCUT2D eigenvalue weighted by atomic mass is 10.0. The molecule has 0 aliphatic carbocycles. The summed E-state index contributed by atoms with van der Waals surface area (Å²) in [5.74, 6) is -0.855. The van der Waals surface area contributed by atoms with Crippen LogP contribution in [0.3, 0.4) is 0 Å².